The third-order valence-corrected chi connectivity index (χ3v) is 6.00. The van der Waals surface area contributed by atoms with E-state index in [2.05, 4.69) is 47.6 Å². The van der Waals surface area contributed by atoms with E-state index in [1.54, 1.807) is 0 Å². The average Bonchev–Trinajstić information content (AvgIpc) is 3.26. The summed E-state index contributed by atoms with van der Waals surface area (Å²) >= 11 is 0. The molecule has 1 saturated heterocycles. The fourth-order valence-corrected chi connectivity index (χ4v) is 4.58. The molecule has 1 aromatic heterocycles. The number of carbonyl (C=O) groups excluding carboxylic acids is 1. The molecule has 0 aliphatic carbocycles. The topological polar surface area (TPSA) is 54.1 Å². The molecule has 5 rings (SSSR count). The normalized spacial score (nSPS) is 17.3. The zero-order chi connectivity index (χ0) is 18.4. The van der Waals surface area contributed by atoms with E-state index >= 15 is 0 Å². The van der Waals surface area contributed by atoms with Crippen LogP contribution in [-0.4, -0.2) is 24.0 Å². The number of hydrogen-bond donors (Lipinski definition) is 2. The van der Waals surface area contributed by atoms with Crippen molar-refractivity contribution >= 4 is 16.9 Å². The molecule has 0 saturated carbocycles. The Hall–Kier alpha value is -2.59. The molecule has 0 spiro atoms. The van der Waals surface area contributed by atoms with Crippen LogP contribution in [-0.2, 0) is 17.6 Å². The molecule has 4 heteroatoms. The van der Waals surface area contributed by atoms with Crippen LogP contribution in [0.2, 0.25) is 0 Å². The fraction of sp³-hybridized carbons (Fsp3) is 0.348. The summed E-state index contributed by atoms with van der Waals surface area (Å²) in [5.74, 6) is 1.19. The smallest absolute Gasteiger partial charge is 0.315 e. The number of fused-ring (bicyclic) bond motifs is 2. The number of rotatable bonds is 3. The Labute approximate surface area is 158 Å². The summed E-state index contributed by atoms with van der Waals surface area (Å²) in [5, 5.41) is 4.78. The number of aromatic nitrogens is 1. The first-order chi connectivity index (χ1) is 13.2. The third kappa shape index (κ3) is 2.85. The first-order valence-corrected chi connectivity index (χ1v) is 9.92. The zero-order valence-electron chi connectivity index (χ0n) is 15.6. The van der Waals surface area contributed by atoms with Crippen molar-refractivity contribution < 1.29 is 9.53 Å². The molecule has 0 unspecified atom stereocenters. The van der Waals surface area contributed by atoms with Crippen LogP contribution in [0.3, 0.4) is 0 Å². The Morgan fingerprint density at radius 1 is 1.11 bits per heavy atom. The molecule has 0 amide bonds. The van der Waals surface area contributed by atoms with Gasteiger partial charge >= 0.3 is 5.97 Å². The average molecular weight is 360 g/mol. The molecule has 0 atom stereocenters. The maximum Gasteiger partial charge on any atom is 0.315 e. The van der Waals surface area contributed by atoms with Crippen molar-refractivity contribution in [2.24, 2.45) is 0 Å². The van der Waals surface area contributed by atoms with Gasteiger partial charge in [-0.2, -0.15) is 0 Å². The van der Waals surface area contributed by atoms with Gasteiger partial charge in [0.25, 0.3) is 0 Å². The lowest BCUT2D eigenvalue weighted by Crippen LogP contribution is -2.26. The van der Waals surface area contributed by atoms with Crippen molar-refractivity contribution in [3.63, 3.8) is 0 Å². The molecule has 2 aliphatic heterocycles. The Balaban J connectivity index is 1.59. The summed E-state index contributed by atoms with van der Waals surface area (Å²) in [6.45, 7) is 4.43. The molecule has 3 heterocycles. The van der Waals surface area contributed by atoms with Crippen LogP contribution in [0.5, 0.6) is 5.75 Å². The number of benzene rings is 2. The Bertz CT molecular complexity index is 1030. The van der Waals surface area contributed by atoms with E-state index in [0.717, 1.165) is 36.3 Å². The predicted molar refractivity (Wildman–Crippen MR) is 107 cm³/mol. The van der Waals surface area contributed by atoms with Gasteiger partial charge in [0.2, 0.25) is 0 Å². The van der Waals surface area contributed by atoms with Gasteiger partial charge in [-0.3, -0.25) is 4.79 Å². The van der Waals surface area contributed by atoms with Crippen LogP contribution in [0.15, 0.2) is 36.4 Å². The molecule has 0 bridgehead atoms. The molecule has 27 heavy (non-hydrogen) atoms. The minimum absolute atomic E-state index is 0.166. The highest BCUT2D eigenvalue weighted by atomic mass is 16.5. The van der Waals surface area contributed by atoms with E-state index in [9.17, 15) is 4.79 Å². The zero-order valence-corrected chi connectivity index (χ0v) is 15.6. The maximum absolute atomic E-state index is 11.6. The van der Waals surface area contributed by atoms with E-state index in [4.69, 9.17) is 4.74 Å². The SMILES string of the molecule is CCc1c(-c2ccc3c(c2)CC(=O)O3)[nH]c2ccc(C3CCNCC3)cc12. The van der Waals surface area contributed by atoms with Gasteiger partial charge in [-0.25, -0.2) is 0 Å². The molecule has 3 aromatic rings. The molecule has 2 aliphatic rings. The highest BCUT2D eigenvalue weighted by Crippen LogP contribution is 2.37. The lowest BCUT2D eigenvalue weighted by atomic mass is 9.89. The van der Waals surface area contributed by atoms with Crippen LogP contribution < -0.4 is 10.1 Å². The molecular formula is C23H24N2O2. The second-order valence-corrected chi connectivity index (χ2v) is 7.63. The van der Waals surface area contributed by atoms with E-state index in [-0.39, 0.29) is 5.97 Å². The first-order valence-electron chi connectivity index (χ1n) is 9.92. The van der Waals surface area contributed by atoms with Crippen LogP contribution in [0.4, 0.5) is 0 Å². The van der Waals surface area contributed by atoms with Gasteiger partial charge in [-0.15, -0.1) is 0 Å². The van der Waals surface area contributed by atoms with Crippen molar-refractivity contribution in [1.29, 1.82) is 0 Å². The molecule has 1 fully saturated rings. The van der Waals surface area contributed by atoms with Crippen LogP contribution in [0.25, 0.3) is 22.2 Å². The van der Waals surface area contributed by atoms with Crippen LogP contribution >= 0.6 is 0 Å². The lowest BCUT2D eigenvalue weighted by Gasteiger charge is -2.23. The molecule has 138 valence electrons. The lowest BCUT2D eigenvalue weighted by molar-refractivity contribution is -0.131. The Morgan fingerprint density at radius 2 is 1.96 bits per heavy atom. The van der Waals surface area contributed by atoms with E-state index in [0.29, 0.717) is 18.1 Å². The van der Waals surface area contributed by atoms with E-state index in [1.807, 2.05) is 6.07 Å². The first kappa shape index (κ1) is 16.6. The van der Waals surface area contributed by atoms with Crippen molar-refractivity contribution in [3.05, 3.63) is 53.1 Å². The summed E-state index contributed by atoms with van der Waals surface area (Å²) in [4.78, 5) is 15.2. The summed E-state index contributed by atoms with van der Waals surface area (Å²) in [5.41, 5.74) is 7.27. The number of nitrogens with one attached hydrogen (secondary N) is 2. The van der Waals surface area contributed by atoms with Gasteiger partial charge < -0.3 is 15.0 Å². The summed E-state index contributed by atoms with van der Waals surface area (Å²) in [7, 11) is 0. The predicted octanol–water partition coefficient (Wildman–Crippen LogP) is 4.33. The summed E-state index contributed by atoms with van der Waals surface area (Å²) in [6.07, 6.45) is 3.76. The van der Waals surface area contributed by atoms with Gasteiger partial charge in [-0.05, 0) is 85.3 Å². The van der Waals surface area contributed by atoms with Crippen molar-refractivity contribution in [3.8, 4) is 17.0 Å². The number of aryl methyl sites for hydroxylation is 1. The van der Waals surface area contributed by atoms with Gasteiger partial charge in [0.15, 0.2) is 0 Å². The maximum atomic E-state index is 11.6. The number of H-pyrrole nitrogens is 1. The quantitative estimate of drug-likeness (QED) is 0.540. The number of carbonyl (C=O) groups is 1. The number of esters is 1. The highest BCUT2D eigenvalue weighted by Gasteiger charge is 2.22. The highest BCUT2D eigenvalue weighted by molar-refractivity contribution is 5.92. The van der Waals surface area contributed by atoms with E-state index < -0.39 is 0 Å². The van der Waals surface area contributed by atoms with Gasteiger partial charge in [-0.1, -0.05) is 13.0 Å². The minimum Gasteiger partial charge on any atom is -0.426 e. The largest absolute Gasteiger partial charge is 0.426 e. The number of hydrogen-bond acceptors (Lipinski definition) is 3. The standard InChI is InChI=1S/C23H24N2O2/c1-2-18-19-12-15(14-7-9-24-10-8-14)3-5-20(19)25-23(18)16-4-6-21-17(11-16)13-22(26)27-21/h3-6,11-12,14,24-25H,2,7-10,13H2,1H3. The monoisotopic (exact) mass is 360 g/mol. The van der Waals surface area contributed by atoms with Crippen molar-refractivity contribution in [1.82, 2.24) is 10.3 Å². The molecule has 2 aromatic carbocycles. The fourth-order valence-electron chi connectivity index (χ4n) is 4.58. The summed E-state index contributed by atoms with van der Waals surface area (Å²) < 4.78 is 5.24. The van der Waals surface area contributed by atoms with Crippen molar-refractivity contribution in [2.45, 2.75) is 38.5 Å². The molecular weight excluding hydrogens is 336 g/mol. The second kappa shape index (κ2) is 6.54. The van der Waals surface area contributed by atoms with Crippen LogP contribution in [0.1, 0.15) is 42.4 Å². The molecule has 4 nitrogen and oxygen atoms in total. The van der Waals surface area contributed by atoms with Gasteiger partial charge in [0, 0.05) is 22.2 Å². The Morgan fingerprint density at radius 3 is 2.78 bits per heavy atom. The third-order valence-electron chi connectivity index (χ3n) is 6.00. The van der Waals surface area contributed by atoms with Crippen molar-refractivity contribution in [2.75, 3.05) is 13.1 Å². The molecule has 0 radical (unpaired) electrons. The summed E-state index contributed by atoms with van der Waals surface area (Å²) in [6, 6.07) is 13.0. The van der Waals surface area contributed by atoms with Crippen LogP contribution in [0, 0.1) is 0 Å². The van der Waals surface area contributed by atoms with Gasteiger partial charge in [0.1, 0.15) is 5.75 Å². The molecule has 2 N–H and O–H groups in total. The van der Waals surface area contributed by atoms with Gasteiger partial charge in [0.05, 0.1) is 6.42 Å². The Kier molecular flexibility index (Phi) is 4.01. The minimum atomic E-state index is -0.166. The van der Waals surface area contributed by atoms with E-state index in [1.165, 1.54) is 34.9 Å². The number of aromatic amines is 1. The number of ether oxygens (including phenoxy) is 1. The second-order valence-electron chi connectivity index (χ2n) is 7.63. The number of piperidine rings is 1.